The molecule has 1 heterocycles. The molecule has 0 amide bonds. The number of hydrogen-bond acceptors (Lipinski definition) is 3. The highest BCUT2D eigenvalue weighted by atomic mass is 16.3. The summed E-state index contributed by atoms with van der Waals surface area (Å²) in [5.41, 5.74) is 16.3. The number of para-hydroxylation sites is 4. The van der Waals surface area contributed by atoms with E-state index >= 15 is 0 Å². The summed E-state index contributed by atoms with van der Waals surface area (Å²) in [6.45, 7) is 9.06. The predicted octanol–water partition coefficient (Wildman–Crippen LogP) is 16.1. The lowest BCUT2D eigenvalue weighted by atomic mass is 9.78. The van der Waals surface area contributed by atoms with E-state index in [4.69, 9.17) is 4.42 Å². The van der Waals surface area contributed by atoms with Crippen molar-refractivity contribution >= 4 is 77.6 Å². The molecule has 11 rings (SSSR count). The van der Waals surface area contributed by atoms with Crippen LogP contribution in [0, 0.1) is 6.92 Å². The molecule has 0 fully saturated rings. The molecule has 0 atom stereocenters. The van der Waals surface area contributed by atoms with Gasteiger partial charge >= 0.3 is 0 Å². The lowest BCUT2D eigenvalue weighted by molar-refractivity contribution is 0.590. The molecule has 1 aliphatic carbocycles. The first-order valence-electron chi connectivity index (χ1n) is 20.2. The van der Waals surface area contributed by atoms with E-state index in [0.717, 1.165) is 50.4 Å². The Hall–Kier alpha value is -7.10. The van der Waals surface area contributed by atoms with Crippen LogP contribution in [0.25, 0.3) is 65.7 Å². The van der Waals surface area contributed by atoms with Crippen LogP contribution in [0.2, 0.25) is 0 Å². The topological polar surface area (TPSA) is 19.6 Å². The smallest absolute Gasteiger partial charge is 0.159 e. The summed E-state index contributed by atoms with van der Waals surface area (Å²) in [6.07, 6.45) is 0. The van der Waals surface area contributed by atoms with Crippen molar-refractivity contribution in [2.75, 3.05) is 9.80 Å². The number of furan rings is 1. The van der Waals surface area contributed by atoms with Crippen molar-refractivity contribution in [3.63, 3.8) is 0 Å². The Morgan fingerprint density at radius 1 is 0.397 bits per heavy atom. The van der Waals surface area contributed by atoms with Gasteiger partial charge in [-0.25, -0.2) is 0 Å². The molecule has 0 aliphatic heterocycles. The molecule has 0 spiro atoms. The number of rotatable bonds is 6. The van der Waals surface area contributed by atoms with Gasteiger partial charge in [-0.15, -0.1) is 0 Å². The van der Waals surface area contributed by atoms with Gasteiger partial charge in [-0.1, -0.05) is 112 Å². The minimum absolute atomic E-state index is 0.0427. The van der Waals surface area contributed by atoms with E-state index in [1.165, 1.54) is 60.6 Å². The lowest BCUT2D eigenvalue weighted by Crippen LogP contribution is -2.15. The van der Waals surface area contributed by atoms with E-state index in [-0.39, 0.29) is 5.41 Å². The van der Waals surface area contributed by atoms with E-state index in [1.807, 2.05) is 12.1 Å². The zero-order valence-electron chi connectivity index (χ0n) is 33.1. The standard InChI is InChI=1S/C55H42N2O/c1-35-22-25-40(55(2,3)4)34-52(35)57(42-16-9-6-10-17-42)44-27-24-37-31-48-49-32-38-28-43(26-23-36(38)30-47(49)50(48)33-39(37)29-44)56(41-14-7-5-8-15-41)51-20-13-19-46-45-18-11-12-21-53(45)58-54(46)51/h5-34H,1-4H3. The van der Waals surface area contributed by atoms with Gasteiger partial charge < -0.3 is 14.2 Å². The number of anilines is 6. The zero-order chi connectivity index (χ0) is 39.1. The van der Waals surface area contributed by atoms with Gasteiger partial charge in [-0.2, -0.15) is 0 Å². The first kappa shape index (κ1) is 34.2. The highest BCUT2D eigenvalue weighted by Crippen LogP contribution is 2.52. The van der Waals surface area contributed by atoms with Crippen molar-refractivity contribution in [1.82, 2.24) is 0 Å². The van der Waals surface area contributed by atoms with Gasteiger partial charge in [0.05, 0.1) is 5.69 Å². The average Bonchev–Trinajstić information content (AvgIpc) is 3.63. The Morgan fingerprint density at radius 3 is 1.50 bits per heavy atom. The molecule has 0 N–H and O–H groups in total. The first-order chi connectivity index (χ1) is 28.3. The van der Waals surface area contributed by atoms with Crippen LogP contribution in [0.4, 0.5) is 34.1 Å². The second kappa shape index (κ2) is 13.0. The molecule has 278 valence electrons. The Balaban J connectivity index is 1.000. The molecule has 3 heteroatoms. The maximum atomic E-state index is 6.56. The van der Waals surface area contributed by atoms with E-state index in [1.54, 1.807) is 0 Å². The number of benzene rings is 9. The monoisotopic (exact) mass is 746 g/mol. The second-order valence-corrected chi connectivity index (χ2v) is 16.7. The average molecular weight is 747 g/mol. The van der Waals surface area contributed by atoms with Crippen LogP contribution >= 0.6 is 0 Å². The first-order valence-corrected chi connectivity index (χ1v) is 20.2. The number of nitrogens with zero attached hydrogens (tertiary/aromatic N) is 2. The molecular formula is C55H42N2O. The fraction of sp³-hybridized carbons (Fsp3) is 0.0909. The van der Waals surface area contributed by atoms with Crippen LogP contribution in [0.15, 0.2) is 186 Å². The minimum atomic E-state index is 0.0427. The van der Waals surface area contributed by atoms with Gasteiger partial charge in [-0.05, 0) is 158 Å². The Kier molecular flexibility index (Phi) is 7.64. The van der Waals surface area contributed by atoms with E-state index in [9.17, 15) is 0 Å². The van der Waals surface area contributed by atoms with Crippen molar-refractivity contribution in [2.45, 2.75) is 33.1 Å². The third-order valence-corrected chi connectivity index (χ3v) is 12.0. The van der Waals surface area contributed by atoms with Gasteiger partial charge in [0.15, 0.2) is 5.58 Å². The highest BCUT2D eigenvalue weighted by Gasteiger charge is 2.26. The summed E-state index contributed by atoms with van der Waals surface area (Å²) < 4.78 is 6.56. The van der Waals surface area contributed by atoms with E-state index in [2.05, 4.69) is 207 Å². The van der Waals surface area contributed by atoms with Gasteiger partial charge in [0.1, 0.15) is 5.58 Å². The molecule has 3 nitrogen and oxygen atoms in total. The van der Waals surface area contributed by atoms with Gasteiger partial charge in [0, 0.05) is 39.2 Å². The fourth-order valence-electron chi connectivity index (χ4n) is 8.91. The molecule has 0 saturated carbocycles. The third-order valence-electron chi connectivity index (χ3n) is 12.0. The third kappa shape index (κ3) is 5.49. The summed E-state index contributed by atoms with van der Waals surface area (Å²) in [5.74, 6) is 0. The Morgan fingerprint density at radius 2 is 0.914 bits per heavy atom. The zero-order valence-corrected chi connectivity index (χ0v) is 33.1. The second-order valence-electron chi connectivity index (χ2n) is 16.7. The largest absolute Gasteiger partial charge is 0.454 e. The van der Waals surface area contributed by atoms with Gasteiger partial charge in [0.2, 0.25) is 0 Å². The Labute approximate surface area is 339 Å². The molecular weight excluding hydrogens is 705 g/mol. The highest BCUT2D eigenvalue weighted by molar-refractivity contribution is 6.13. The molecule has 10 aromatic rings. The van der Waals surface area contributed by atoms with Crippen molar-refractivity contribution < 1.29 is 4.42 Å². The summed E-state index contributed by atoms with van der Waals surface area (Å²) in [7, 11) is 0. The van der Waals surface area contributed by atoms with Crippen LogP contribution in [0.1, 0.15) is 31.9 Å². The molecule has 0 radical (unpaired) electrons. The van der Waals surface area contributed by atoms with Crippen LogP contribution in [-0.2, 0) is 5.41 Å². The van der Waals surface area contributed by atoms with E-state index in [0.29, 0.717) is 0 Å². The van der Waals surface area contributed by atoms with Crippen molar-refractivity contribution in [2.24, 2.45) is 0 Å². The predicted molar refractivity (Wildman–Crippen MR) is 246 cm³/mol. The number of fused-ring (bicyclic) bond motifs is 9. The van der Waals surface area contributed by atoms with Crippen LogP contribution in [-0.4, -0.2) is 0 Å². The van der Waals surface area contributed by atoms with E-state index < -0.39 is 0 Å². The molecule has 1 aliphatic rings. The fourth-order valence-corrected chi connectivity index (χ4v) is 8.91. The Bertz CT molecular complexity index is 3230. The summed E-state index contributed by atoms with van der Waals surface area (Å²) in [6, 6.07) is 66.3. The lowest BCUT2D eigenvalue weighted by Gasteiger charge is -2.30. The molecule has 1 aromatic heterocycles. The molecule has 58 heavy (non-hydrogen) atoms. The number of hydrogen-bond donors (Lipinski definition) is 0. The summed E-state index contributed by atoms with van der Waals surface area (Å²) in [4.78, 5) is 4.73. The normalized spacial score (nSPS) is 12.1. The van der Waals surface area contributed by atoms with Crippen molar-refractivity contribution in [1.29, 1.82) is 0 Å². The van der Waals surface area contributed by atoms with Gasteiger partial charge in [0.25, 0.3) is 0 Å². The molecule has 9 aromatic carbocycles. The van der Waals surface area contributed by atoms with Crippen molar-refractivity contribution in [3.8, 4) is 22.3 Å². The van der Waals surface area contributed by atoms with Crippen molar-refractivity contribution in [3.05, 3.63) is 193 Å². The quantitative estimate of drug-likeness (QED) is 0.169. The molecule has 0 saturated heterocycles. The maximum absolute atomic E-state index is 6.56. The molecule has 0 bridgehead atoms. The molecule has 0 unspecified atom stereocenters. The van der Waals surface area contributed by atoms with Crippen LogP contribution < -0.4 is 9.80 Å². The van der Waals surface area contributed by atoms with Crippen LogP contribution in [0.5, 0.6) is 0 Å². The SMILES string of the molecule is Cc1ccc(C(C)(C)C)cc1N(c1ccccc1)c1ccc2cc3c(cc2c1)-c1cc2ccc(N(c4ccccc4)c4cccc5c4oc4ccccc45)cc2cc1-3. The minimum Gasteiger partial charge on any atom is -0.454 e. The number of aryl methyl sites for hydroxylation is 1. The van der Waals surface area contributed by atoms with Crippen LogP contribution in [0.3, 0.4) is 0 Å². The summed E-state index contributed by atoms with van der Waals surface area (Å²) in [5, 5.41) is 7.15. The summed E-state index contributed by atoms with van der Waals surface area (Å²) >= 11 is 0. The maximum Gasteiger partial charge on any atom is 0.159 e. The van der Waals surface area contributed by atoms with Gasteiger partial charge in [-0.3, -0.25) is 0 Å².